The summed E-state index contributed by atoms with van der Waals surface area (Å²) >= 11 is 0. The van der Waals surface area contributed by atoms with E-state index in [0.717, 1.165) is 0 Å². The molecule has 1 saturated heterocycles. The number of aromatic hydroxyl groups is 1. The molecule has 1 atom stereocenters. The number of phenolic OH excluding ortho intramolecular Hbond substituents is 1. The van der Waals surface area contributed by atoms with Crippen molar-refractivity contribution in [2.24, 2.45) is 0 Å². The SMILES string of the molecule is CC(C)OCCCN1C(=O)C(=O)/C(=C(\O)c2ccc3c(c2)OCO3)C1c1cccc(O)c1. The summed E-state index contributed by atoms with van der Waals surface area (Å²) in [5, 5.41) is 21.1. The molecule has 4 rings (SSSR count). The number of rotatable bonds is 7. The second kappa shape index (κ2) is 8.92. The van der Waals surface area contributed by atoms with Crippen molar-refractivity contribution in [1.82, 2.24) is 4.90 Å². The van der Waals surface area contributed by atoms with Crippen LogP contribution < -0.4 is 9.47 Å². The van der Waals surface area contributed by atoms with Crippen molar-refractivity contribution in [3.8, 4) is 17.2 Å². The number of likely N-dealkylation sites (tertiary alicyclic amines) is 1. The minimum absolute atomic E-state index is 0.000640. The Morgan fingerprint density at radius 2 is 1.94 bits per heavy atom. The molecule has 1 unspecified atom stereocenters. The summed E-state index contributed by atoms with van der Waals surface area (Å²) in [6, 6.07) is 10.3. The number of ketones is 1. The van der Waals surface area contributed by atoms with E-state index in [1.54, 1.807) is 30.3 Å². The summed E-state index contributed by atoms with van der Waals surface area (Å²) in [6.07, 6.45) is 0.572. The van der Waals surface area contributed by atoms with Crippen LogP contribution in [0.3, 0.4) is 0 Å². The molecular weight excluding hydrogens is 414 g/mol. The summed E-state index contributed by atoms with van der Waals surface area (Å²) in [5.41, 5.74) is 0.820. The third-order valence-corrected chi connectivity index (χ3v) is 5.37. The maximum Gasteiger partial charge on any atom is 0.295 e. The van der Waals surface area contributed by atoms with Crippen molar-refractivity contribution in [2.45, 2.75) is 32.4 Å². The first kappa shape index (κ1) is 21.7. The number of hydrogen-bond acceptors (Lipinski definition) is 7. The molecule has 32 heavy (non-hydrogen) atoms. The molecule has 2 aliphatic rings. The lowest BCUT2D eigenvalue weighted by atomic mass is 9.95. The molecule has 0 spiro atoms. The van der Waals surface area contributed by atoms with Crippen LogP contribution in [0.5, 0.6) is 17.2 Å². The Hall–Kier alpha value is -3.52. The van der Waals surface area contributed by atoms with Crippen molar-refractivity contribution in [1.29, 1.82) is 0 Å². The highest BCUT2D eigenvalue weighted by Crippen LogP contribution is 2.42. The van der Waals surface area contributed by atoms with E-state index in [-0.39, 0.29) is 36.5 Å². The molecule has 1 amide bonds. The molecule has 8 nitrogen and oxygen atoms in total. The van der Waals surface area contributed by atoms with Crippen molar-refractivity contribution in [3.63, 3.8) is 0 Å². The van der Waals surface area contributed by atoms with Crippen LogP contribution in [0.25, 0.3) is 5.76 Å². The van der Waals surface area contributed by atoms with Gasteiger partial charge in [-0.25, -0.2) is 0 Å². The molecule has 168 valence electrons. The third-order valence-electron chi connectivity index (χ3n) is 5.37. The number of hydrogen-bond donors (Lipinski definition) is 2. The number of ether oxygens (including phenoxy) is 3. The van der Waals surface area contributed by atoms with Gasteiger partial charge in [-0.05, 0) is 56.2 Å². The fourth-order valence-electron chi connectivity index (χ4n) is 3.91. The van der Waals surface area contributed by atoms with Gasteiger partial charge >= 0.3 is 0 Å². The highest BCUT2D eigenvalue weighted by Gasteiger charge is 2.46. The smallest absolute Gasteiger partial charge is 0.295 e. The summed E-state index contributed by atoms with van der Waals surface area (Å²) in [7, 11) is 0. The predicted octanol–water partition coefficient (Wildman–Crippen LogP) is 3.36. The van der Waals surface area contributed by atoms with Gasteiger partial charge < -0.3 is 29.3 Å². The average Bonchev–Trinajstić information content (AvgIpc) is 3.33. The number of carbonyl (C=O) groups is 2. The Labute approximate surface area is 185 Å². The summed E-state index contributed by atoms with van der Waals surface area (Å²) < 4.78 is 16.2. The normalized spacial score (nSPS) is 19.2. The summed E-state index contributed by atoms with van der Waals surface area (Å²) in [4.78, 5) is 27.3. The van der Waals surface area contributed by atoms with Crippen molar-refractivity contribution >= 4 is 17.4 Å². The second-order valence-electron chi connectivity index (χ2n) is 7.93. The average molecular weight is 439 g/mol. The lowest BCUT2D eigenvalue weighted by molar-refractivity contribution is -0.140. The summed E-state index contributed by atoms with van der Waals surface area (Å²) in [6.45, 7) is 4.60. The van der Waals surface area contributed by atoms with E-state index >= 15 is 0 Å². The largest absolute Gasteiger partial charge is 0.508 e. The fraction of sp³-hybridized carbons (Fsp3) is 0.333. The Morgan fingerprint density at radius 1 is 1.16 bits per heavy atom. The van der Waals surface area contributed by atoms with Crippen LogP contribution in [0.1, 0.15) is 37.4 Å². The van der Waals surface area contributed by atoms with Gasteiger partial charge in [-0.15, -0.1) is 0 Å². The number of carbonyl (C=O) groups excluding carboxylic acids is 2. The molecule has 8 heteroatoms. The van der Waals surface area contributed by atoms with E-state index in [1.165, 1.54) is 17.0 Å². The van der Waals surface area contributed by atoms with Crippen LogP contribution in [-0.4, -0.2) is 52.9 Å². The Morgan fingerprint density at radius 3 is 2.69 bits per heavy atom. The predicted molar refractivity (Wildman–Crippen MR) is 115 cm³/mol. The van der Waals surface area contributed by atoms with Crippen LogP contribution in [0, 0.1) is 0 Å². The molecule has 0 aromatic heterocycles. The van der Waals surface area contributed by atoms with Gasteiger partial charge in [0.15, 0.2) is 11.5 Å². The standard InChI is InChI=1S/C24H25NO7/c1-14(2)30-10-4-9-25-21(15-5-3-6-17(26)11-15)20(23(28)24(25)29)22(27)16-7-8-18-19(12-16)32-13-31-18/h3,5-8,11-12,14,21,26-27H,4,9-10,13H2,1-2H3/b22-20-. The van der Waals surface area contributed by atoms with Gasteiger partial charge in [0.05, 0.1) is 17.7 Å². The van der Waals surface area contributed by atoms with Crippen LogP contribution in [0.15, 0.2) is 48.0 Å². The highest BCUT2D eigenvalue weighted by atomic mass is 16.7. The van der Waals surface area contributed by atoms with Crippen LogP contribution in [0.4, 0.5) is 0 Å². The maximum absolute atomic E-state index is 13.0. The maximum atomic E-state index is 13.0. The van der Waals surface area contributed by atoms with Gasteiger partial charge in [-0.1, -0.05) is 12.1 Å². The number of phenols is 1. The second-order valence-corrected chi connectivity index (χ2v) is 7.93. The molecule has 0 radical (unpaired) electrons. The van der Waals surface area contributed by atoms with Crippen LogP contribution in [-0.2, 0) is 14.3 Å². The molecule has 0 saturated carbocycles. The number of fused-ring (bicyclic) bond motifs is 1. The molecule has 1 fully saturated rings. The van der Waals surface area contributed by atoms with Crippen molar-refractivity contribution in [3.05, 3.63) is 59.2 Å². The van der Waals surface area contributed by atoms with E-state index in [2.05, 4.69) is 0 Å². The molecule has 2 aromatic rings. The first-order chi connectivity index (χ1) is 15.4. The van der Waals surface area contributed by atoms with E-state index in [1.807, 2.05) is 13.8 Å². The summed E-state index contributed by atoms with van der Waals surface area (Å²) in [5.74, 6) is -0.807. The van der Waals surface area contributed by atoms with Gasteiger partial charge in [0.25, 0.3) is 11.7 Å². The molecule has 2 heterocycles. The van der Waals surface area contributed by atoms with E-state index in [0.29, 0.717) is 35.7 Å². The third kappa shape index (κ3) is 4.13. The quantitative estimate of drug-likeness (QED) is 0.295. The number of nitrogens with zero attached hydrogens (tertiary/aromatic N) is 1. The van der Waals surface area contributed by atoms with Gasteiger partial charge in [-0.2, -0.15) is 0 Å². The Balaban J connectivity index is 1.74. The molecular formula is C24H25NO7. The van der Waals surface area contributed by atoms with Gasteiger partial charge in [0.2, 0.25) is 6.79 Å². The molecule has 2 N–H and O–H groups in total. The van der Waals surface area contributed by atoms with Crippen molar-refractivity contribution in [2.75, 3.05) is 19.9 Å². The zero-order valence-electron chi connectivity index (χ0n) is 17.9. The molecule has 2 aliphatic heterocycles. The minimum Gasteiger partial charge on any atom is -0.508 e. The number of amides is 1. The lowest BCUT2D eigenvalue weighted by Crippen LogP contribution is -2.31. The van der Waals surface area contributed by atoms with Crippen LogP contribution >= 0.6 is 0 Å². The zero-order chi connectivity index (χ0) is 22.8. The Bertz CT molecular complexity index is 1080. The lowest BCUT2D eigenvalue weighted by Gasteiger charge is -2.25. The highest BCUT2D eigenvalue weighted by molar-refractivity contribution is 6.46. The van der Waals surface area contributed by atoms with E-state index in [4.69, 9.17) is 14.2 Å². The molecule has 0 aliphatic carbocycles. The zero-order valence-corrected chi connectivity index (χ0v) is 17.9. The topological polar surface area (TPSA) is 106 Å². The number of Topliss-reactive ketones (excluding diaryl/α,β-unsaturated/α-hetero) is 1. The molecule has 0 bridgehead atoms. The number of aliphatic hydroxyl groups is 1. The minimum atomic E-state index is -0.841. The van der Waals surface area contributed by atoms with E-state index < -0.39 is 17.7 Å². The first-order valence-electron chi connectivity index (χ1n) is 10.5. The van der Waals surface area contributed by atoms with Crippen molar-refractivity contribution < 1.29 is 34.0 Å². The van der Waals surface area contributed by atoms with Gasteiger partial charge in [0, 0.05) is 18.7 Å². The van der Waals surface area contributed by atoms with Crippen LogP contribution in [0.2, 0.25) is 0 Å². The monoisotopic (exact) mass is 439 g/mol. The molecule has 2 aromatic carbocycles. The van der Waals surface area contributed by atoms with E-state index in [9.17, 15) is 19.8 Å². The van der Waals surface area contributed by atoms with Gasteiger partial charge in [0.1, 0.15) is 11.5 Å². The Kier molecular flexibility index (Phi) is 6.05. The fourth-order valence-corrected chi connectivity index (χ4v) is 3.91. The first-order valence-corrected chi connectivity index (χ1v) is 10.5. The number of benzene rings is 2. The van der Waals surface area contributed by atoms with Gasteiger partial charge in [-0.3, -0.25) is 9.59 Å². The number of aliphatic hydroxyl groups excluding tert-OH is 1.